The first kappa shape index (κ1) is 14.4. The van der Waals surface area contributed by atoms with Gasteiger partial charge in [-0.05, 0) is 39.1 Å². The highest BCUT2D eigenvalue weighted by Gasteiger charge is 2.26. The van der Waals surface area contributed by atoms with Crippen LogP contribution in [0.5, 0.6) is 0 Å². The van der Waals surface area contributed by atoms with Gasteiger partial charge in [0.05, 0.1) is 11.0 Å². The number of nitrogen functional groups attached to an aromatic ring is 1. The van der Waals surface area contributed by atoms with Gasteiger partial charge in [-0.25, -0.2) is 4.98 Å². The van der Waals surface area contributed by atoms with Gasteiger partial charge in [-0.2, -0.15) is 0 Å². The van der Waals surface area contributed by atoms with Gasteiger partial charge in [0.1, 0.15) is 5.82 Å². The standard InChI is InChI=1S/C16H25N5/c1-11-9-21(10-12(2)20(11)3)7-6-16-18-14-5-4-13(17)8-15(14)19-16/h4-5,8,11-12H,6-7,9-10,17H2,1-3H3,(H,18,19). The van der Waals surface area contributed by atoms with E-state index in [1.807, 2.05) is 18.2 Å². The first-order chi connectivity index (χ1) is 10.0. The molecule has 2 atom stereocenters. The Morgan fingerprint density at radius 3 is 2.71 bits per heavy atom. The molecule has 5 heteroatoms. The van der Waals surface area contributed by atoms with Gasteiger partial charge in [-0.3, -0.25) is 9.80 Å². The lowest BCUT2D eigenvalue weighted by atomic mass is 10.1. The molecule has 1 aliphatic rings. The van der Waals surface area contributed by atoms with Crippen LogP contribution >= 0.6 is 0 Å². The first-order valence-electron chi connectivity index (χ1n) is 7.71. The number of aromatic amines is 1. The van der Waals surface area contributed by atoms with Gasteiger partial charge in [0, 0.05) is 43.8 Å². The third-order valence-electron chi connectivity index (χ3n) is 4.66. The SMILES string of the molecule is CC1CN(CCc2nc3ccc(N)cc3[nH]2)CC(C)N1C. The molecule has 2 heterocycles. The predicted octanol–water partition coefficient (Wildman–Crippen LogP) is 1.71. The lowest BCUT2D eigenvalue weighted by Crippen LogP contribution is -2.55. The summed E-state index contributed by atoms with van der Waals surface area (Å²) in [5.41, 5.74) is 8.62. The highest BCUT2D eigenvalue weighted by atomic mass is 15.3. The number of nitrogens with two attached hydrogens (primary N) is 1. The van der Waals surface area contributed by atoms with Gasteiger partial charge >= 0.3 is 0 Å². The number of nitrogens with one attached hydrogen (secondary N) is 1. The summed E-state index contributed by atoms with van der Waals surface area (Å²) < 4.78 is 0. The number of benzene rings is 1. The van der Waals surface area contributed by atoms with Crippen molar-refractivity contribution in [2.75, 3.05) is 32.4 Å². The molecule has 2 unspecified atom stereocenters. The smallest absolute Gasteiger partial charge is 0.108 e. The fourth-order valence-electron chi connectivity index (χ4n) is 3.16. The van der Waals surface area contributed by atoms with Crippen LogP contribution in [0.1, 0.15) is 19.7 Å². The maximum atomic E-state index is 5.81. The number of piperazine rings is 1. The zero-order valence-electron chi connectivity index (χ0n) is 13.1. The molecule has 5 nitrogen and oxygen atoms in total. The minimum absolute atomic E-state index is 0.615. The lowest BCUT2D eigenvalue weighted by Gasteiger charge is -2.42. The van der Waals surface area contributed by atoms with E-state index in [-0.39, 0.29) is 0 Å². The Bertz CT molecular complexity index is 608. The number of H-pyrrole nitrogens is 1. The van der Waals surface area contributed by atoms with Crippen molar-refractivity contribution in [3.63, 3.8) is 0 Å². The molecule has 1 aliphatic heterocycles. The van der Waals surface area contributed by atoms with E-state index in [1.165, 1.54) is 0 Å². The van der Waals surface area contributed by atoms with E-state index >= 15 is 0 Å². The Morgan fingerprint density at radius 2 is 2.00 bits per heavy atom. The third kappa shape index (κ3) is 3.04. The van der Waals surface area contributed by atoms with Crippen LogP contribution in [-0.2, 0) is 6.42 Å². The minimum Gasteiger partial charge on any atom is -0.399 e. The molecular formula is C16H25N5. The second-order valence-corrected chi connectivity index (χ2v) is 6.33. The van der Waals surface area contributed by atoms with E-state index in [0.29, 0.717) is 12.1 Å². The molecule has 114 valence electrons. The number of rotatable bonds is 3. The number of hydrogen-bond acceptors (Lipinski definition) is 4. The van der Waals surface area contributed by atoms with Crippen molar-refractivity contribution in [1.29, 1.82) is 0 Å². The summed E-state index contributed by atoms with van der Waals surface area (Å²) in [5.74, 6) is 1.05. The molecule has 1 saturated heterocycles. The van der Waals surface area contributed by atoms with Crippen LogP contribution in [0.4, 0.5) is 5.69 Å². The molecule has 1 aromatic heterocycles. The van der Waals surface area contributed by atoms with Crippen molar-refractivity contribution in [2.24, 2.45) is 0 Å². The normalized spacial score (nSPS) is 24.7. The molecule has 1 aromatic carbocycles. The molecule has 0 aliphatic carbocycles. The fourth-order valence-corrected chi connectivity index (χ4v) is 3.16. The largest absolute Gasteiger partial charge is 0.399 e. The van der Waals surface area contributed by atoms with Crippen LogP contribution in [0.3, 0.4) is 0 Å². The van der Waals surface area contributed by atoms with E-state index < -0.39 is 0 Å². The van der Waals surface area contributed by atoms with Crippen molar-refractivity contribution < 1.29 is 0 Å². The second kappa shape index (κ2) is 5.66. The first-order valence-corrected chi connectivity index (χ1v) is 7.71. The summed E-state index contributed by atoms with van der Waals surface area (Å²) >= 11 is 0. The molecule has 0 amide bonds. The number of imidazole rings is 1. The summed E-state index contributed by atoms with van der Waals surface area (Å²) in [6.45, 7) is 7.92. The summed E-state index contributed by atoms with van der Waals surface area (Å²) in [5, 5.41) is 0. The summed E-state index contributed by atoms with van der Waals surface area (Å²) in [6.07, 6.45) is 0.956. The molecule has 3 N–H and O–H groups in total. The van der Waals surface area contributed by atoms with Crippen molar-refractivity contribution in [3.8, 4) is 0 Å². The van der Waals surface area contributed by atoms with Crippen molar-refractivity contribution in [1.82, 2.24) is 19.8 Å². The summed E-state index contributed by atoms with van der Waals surface area (Å²) in [4.78, 5) is 13.0. The average molecular weight is 287 g/mol. The third-order valence-corrected chi connectivity index (χ3v) is 4.66. The van der Waals surface area contributed by atoms with Gasteiger partial charge in [-0.15, -0.1) is 0 Å². The van der Waals surface area contributed by atoms with Crippen LogP contribution in [0, 0.1) is 0 Å². The minimum atomic E-state index is 0.615. The molecule has 0 saturated carbocycles. The zero-order chi connectivity index (χ0) is 15.0. The van der Waals surface area contributed by atoms with Crippen LogP contribution < -0.4 is 5.73 Å². The molecule has 0 radical (unpaired) electrons. The van der Waals surface area contributed by atoms with Gasteiger partial charge in [0.25, 0.3) is 0 Å². The Kier molecular flexibility index (Phi) is 3.87. The van der Waals surface area contributed by atoms with Crippen LogP contribution in [-0.4, -0.2) is 58.5 Å². The highest BCUT2D eigenvalue weighted by Crippen LogP contribution is 2.17. The second-order valence-electron chi connectivity index (χ2n) is 6.33. The monoisotopic (exact) mass is 287 g/mol. The maximum Gasteiger partial charge on any atom is 0.108 e. The molecule has 1 fully saturated rings. The summed E-state index contributed by atoms with van der Waals surface area (Å²) in [6, 6.07) is 7.06. The van der Waals surface area contributed by atoms with E-state index in [1.54, 1.807) is 0 Å². The van der Waals surface area contributed by atoms with Gasteiger partial charge in [-0.1, -0.05) is 0 Å². The number of fused-ring (bicyclic) bond motifs is 1. The molecule has 0 spiro atoms. The van der Waals surface area contributed by atoms with Gasteiger partial charge < -0.3 is 10.7 Å². The molecule has 2 aromatic rings. The lowest BCUT2D eigenvalue weighted by molar-refractivity contribution is 0.0606. The predicted molar refractivity (Wildman–Crippen MR) is 87.3 cm³/mol. The van der Waals surface area contributed by atoms with Gasteiger partial charge in [0.15, 0.2) is 0 Å². The molecule has 0 bridgehead atoms. The highest BCUT2D eigenvalue weighted by molar-refractivity contribution is 5.78. The van der Waals surface area contributed by atoms with Gasteiger partial charge in [0.2, 0.25) is 0 Å². The number of hydrogen-bond donors (Lipinski definition) is 2. The number of aromatic nitrogens is 2. The fraction of sp³-hybridized carbons (Fsp3) is 0.562. The van der Waals surface area contributed by atoms with E-state index in [9.17, 15) is 0 Å². The van der Waals surface area contributed by atoms with E-state index in [0.717, 1.165) is 48.6 Å². The number of likely N-dealkylation sites (N-methyl/N-ethyl adjacent to an activating group) is 1. The van der Waals surface area contributed by atoms with Crippen molar-refractivity contribution >= 4 is 16.7 Å². The topological polar surface area (TPSA) is 61.2 Å². The van der Waals surface area contributed by atoms with E-state index in [4.69, 9.17) is 5.73 Å². The van der Waals surface area contributed by atoms with Crippen LogP contribution in [0.25, 0.3) is 11.0 Å². The van der Waals surface area contributed by atoms with Crippen LogP contribution in [0.2, 0.25) is 0 Å². The number of nitrogens with zero attached hydrogens (tertiary/aromatic N) is 3. The van der Waals surface area contributed by atoms with Crippen molar-refractivity contribution in [2.45, 2.75) is 32.4 Å². The molecular weight excluding hydrogens is 262 g/mol. The Hall–Kier alpha value is -1.59. The van der Waals surface area contributed by atoms with Crippen LogP contribution in [0.15, 0.2) is 18.2 Å². The quantitative estimate of drug-likeness (QED) is 0.844. The Morgan fingerprint density at radius 1 is 1.29 bits per heavy atom. The number of anilines is 1. The molecule has 21 heavy (non-hydrogen) atoms. The Balaban J connectivity index is 1.64. The molecule has 3 rings (SSSR count). The van der Waals surface area contributed by atoms with Crippen molar-refractivity contribution in [3.05, 3.63) is 24.0 Å². The van der Waals surface area contributed by atoms with E-state index in [2.05, 4.69) is 40.7 Å². The maximum absolute atomic E-state index is 5.81. The summed E-state index contributed by atoms with van der Waals surface area (Å²) in [7, 11) is 2.22. The Labute approximate surface area is 126 Å². The zero-order valence-corrected chi connectivity index (χ0v) is 13.1. The average Bonchev–Trinajstić information content (AvgIpc) is 2.84.